The number of carbonyl (C=O) groups is 1. The molecule has 1 aromatic carbocycles. The number of carbonyl (C=O) groups excluding carboxylic acids is 1. The number of rotatable bonds is 4. The van der Waals surface area contributed by atoms with E-state index in [2.05, 4.69) is 0 Å². The van der Waals surface area contributed by atoms with Gasteiger partial charge in [0.05, 0.1) is 0 Å². The van der Waals surface area contributed by atoms with Crippen LogP contribution in [0, 0.1) is 0 Å². The summed E-state index contributed by atoms with van der Waals surface area (Å²) in [5, 5.41) is 0.956. The van der Waals surface area contributed by atoms with Gasteiger partial charge in [-0.1, -0.05) is 0 Å². The Morgan fingerprint density at radius 1 is 1.38 bits per heavy atom. The molecule has 0 fully saturated rings. The van der Waals surface area contributed by atoms with Gasteiger partial charge in [-0.05, 0) is 0 Å². The van der Waals surface area contributed by atoms with Crippen molar-refractivity contribution in [2.45, 2.75) is 12.2 Å². The van der Waals surface area contributed by atoms with Gasteiger partial charge < -0.3 is 0 Å². The van der Waals surface area contributed by atoms with E-state index in [-0.39, 0.29) is 19.6 Å². The van der Waals surface area contributed by atoms with Crippen LogP contribution in [0.25, 0.3) is 0 Å². The molecule has 0 saturated heterocycles. The first-order valence-corrected chi connectivity index (χ1v) is 6.16. The summed E-state index contributed by atoms with van der Waals surface area (Å²) in [6.45, 7) is 2.03. The summed E-state index contributed by atoms with van der Waals surface area (Å²) in [5.41, 5.74) is 0.794. The molecule has 0 amide bonds. The van der Waals surface area contributed by atoms with Crippen molar-refractivity contribution in [2.24, 2.45) is 0 Å². The number of ether oxygens (including phenoxy) is 1. The fourth-order valence-electron chi connectivity index (χ4n) is 0.942. The average molecular weight is 243 g/mol. The second-order valence-electron chi connectivity index (χ2n) is 2.45. The summed E-state index contributed by atoms with van der Waals surface area (Å²) in [6.07, 6.45) is 0. The van der Waals surface area contributed by atoms with Crippen LogP contribution in [0.5, 0.6) is 5.75 Å². The molecule has 0 atom stereocenters. The van der Waals surface area contributed by atoms with Crippen LogP contribution in [0.1, 0.15) is 17.3 Å². The SMILES string of the molecule is CC[Se]C(=O)c1ccc(OC)cc1. The van der Waals surface area contributed by atoms with Gasteiger partial charge in [0.1, 0.15) is 0 Å². The molecule has 0 radical (unpaired) electrons. The van der Waals surface area contributed by atoms with E-state index in [1.165, 1.54) is 0 Å². The van der Waals surface area contributed by atoms with Crippen molar-refractivity contribution in [1.29, 1.82) is 0 Å². The van der Waals surface area contributed by atoms with Crippen LogP contribution < -0.4 is 4.74 Å². The first kappa shape index (κ1) is 10.3. The van der Waals surface area contributed by atoms with E-state index in [9.17, 15) is 4.79 Å². The summed E-state index contributed by atoms with van der Waals surface area (Å²) < 4.78 is 5.26. The summed E-state index contributed by atoms with van der Waals surface area (Å²) in [5.74, 6) is 0.792. The van der Waals surface area contributed by atoms with E-state index >= 15 is 0 Å². The zero-order valence-electron chi connectivity index (χ0n) is 7.74. The van der Waals surface area contributed by atoms with Crippen LogP contribution >= 0.6 is 0 Å². The third-order valence-corrected chi connectivity index (χ3v) is 3.25. The zero-order chi connectivity index (χ0) is 9.68. The van der Waals surface area contributed by atoms with Crippen LogP contribution in [-0.4, -0.2) is 26.7 Å². The van der Waals surface area contributed by atoms with E-state index in [4.69, 9.17) is 4.74 Å². The monoisotopic (exact) mass is 244 g/mol. The van der Waals surface area contributed by atoms with Crippen molar-refractivity contribution < 1.29 is 9.53 Å². The number of methoxy groups -OCH3 is 1. The molecule has 13 heavy (non-hydrogen) atoms. The third kappa shape index (κ3) is 2.87. The normalized spacial score (nSPS) is 9.69. The van der Waals surface area contributed by atoms with E-state index < -0.39 is 0 Å². The molecular weight excluding hydrogens is 231 g/mol. The molecule has 0 aliphatic carbocycles. The Morgan fingerprint density at radius 2 is 2.00 bits per heavy atom. The topological polar surface area (TPSA) is 26.3 Å². The van der Waals surface area contributed by atoms with Crippen LogP contribution in [0.3, 0.4) is 0 Å². The van der Waals surface area contributed by atoms with Crippen LogP contribution in [0.4, 0.5) is 0 Å². The molecule has 70 valence electrons. The Kier molecular flexibility index (Phi) is 4.00. The minimum atomic E-state index is 0.0919. The van der Waals surface area contributed by atoms with Gasteiger partial charge >= 0.3 is 84.1 Å². The zero-order valence-corrected chi connectivity index (χ0v) is 9.45. The molecule has 0 spiro atoms. The van der Waals surface area contributed by atoms with Gasteiger partial charge in [0.25, 0.3) is 0 Å². The second kappa shape index (κ2) is 5.05. The fraction of sp³-hybridized carbons (Fsp3) is 0.300. The van der Waals surface area contributed by atoms with Crippen molar-refractivity contribution in [1.82, 2.24) is 0 Å². The molecular formula is C10H12O2Se. The van der Waals surface area contributed by atoms with Gasteiger partial charge in [-0.15, -0.1) is 0 Å². The van der Waals surface area contributed by atoms with Crippen LogP contribution in [-0.2, 0) is 0 Å². The van der Waals surface area contributed by atoms with Crippen LogP contribution in [0.2, 0.25) is 5.32 Å². The molecule has 1 rings (SSSR count). The Bertz CT molecular complexity index is 279. The van der Waals surface area contributed by atoms with Crippen molar-refractivity contribution in [3.8, 4) is 5.75 Å². The predicted molar refractivity (Wildman–Crippen MR) is 53.6 cm³/mol. The van der Waals surface area contributed by atoms with Crippen molar-refractivity contribution in [3.05, 3.63) is 29.8 Å². The predicted octanol–water partition coefficient (Wildman–Crippen LogP) is 1.98. The summed E-state index contributed by atoms with van der Waals surface area (Å²) >= 11 is 0.0919. The Hall–Kier alpha value is -0.791. The molecule has 0 saturated carbocycles. The molecule has 0 unspecified atom stereocenters. The molecule has 0 heterocycles. The summed E-state index contributed by atoms with van der Waals surface area (Å²) in [7, 11) is 1.62. The Labute approximate surface area is 84.4 Å². The Balaban J connectivity index is 2.74. The van der Waals surface area contributed by atoms with Crippen LogP contribution in [0.15, 0.2) is 24.3 Å². The molecule has 3 heteroatoms. The van der Waals surface area contributed by atoms with E-state index in [0.717, 1.165) is 16.6 Å². The third-order valence-electron chi connectivity index (χ3n) is 1.60. The molecule has 0 aliphatic rings. The van der Waals surface area contributed by atoms with Crippen molar-refractivity contribution in [2.75, 3.05) is 7.11 Å². The van der Waals surface area contributed by atoms with E-state index in [0.29, 0.717) is 0 Å². The molecule has 0 aliphatic heterocycles. The van der Waals surface area contributed by atoms with Gasteiger partial charge in [0.2, 0.25) is 0 Å². The molecule has 2 nitrogen and oxygen atoms in total. The first-order valence-electron chi connectivity index (χ1n) is 4.09. The van der Waals surface area contributed by atoms with Gasteiger partial charge in [0.15, 0.2) is 0 Å². The minimum absolute atomic E-state index is 0.0919. The fourth-order valence-corrected chi connectivity index (χ4v) is 2.13. The standard InChI is InChI=1S/C10H12O2Se/c1-3-13-10(11)8-4-6-9(12-2)7-5-8/h4-7H,3H2,1-2H3. The quantitative estimate of drug-likeness (QED) is 0.756. The maximum absolute atomic E-state index is 11.4. The Morgan fingerprint density at radius 3 is 2.46 bits per heavy atom. The molecule has 0 N–H and O–H groups in total. The van der Waals surface area contributed by atoms with Gasteiger partial charge in [-0.25, -0.2) is 0 Å². The van der Waals surface area contributed by atoms with Gasteiger partial charge in [0, 0.05) is 0 Å². The summed E-state index contributed by atoms with van der Waals surface area (Å²) in [6, 6.07) is 7.27. The van der Waals surface area contributed by atoms with Crippen molar-refractivity contribution >= 4 is 19.6 Å². The molecule has 1 aromatic rings. The number of hydrogen-bond donors (Lipinski definition) is 0. The first-order chi connectivity index (χ1) is 6.27. The van der Waals surface area contributed by atoms with Crippen molar-refractivity contribution in [3.63, 3.8) is 0 Å². The number of hydrogen-bond acceptors (Lipinski definition) is 2. The summed E-state index contributed by atoms with van der Waals surface area (Å²) in [4.78, 5) is 11.4. The molecule has 0 bridgehead atoms. The second-order valence-corrected chi connectivity index (χ2v) is 5.04. The molecule has 0 aromatic heterocycles. The maximum atomic E-state index is 11.4. The van der Waals surface area contributed by atoms with Gasteiger partial charge in [-0.2, -0.15) is 0 Å². The average Bonchev–Trinajstić information content (AvgIpc) is 2.18. The number of benzene rings is 1. The van der Waals surface area contributed by atoms with E-state index in [1.54, 1.807) is 7.11 Å². The van der Waals surface area contributed by atoms with Gasteiger partial charge in [-0.3, -0.25) is 0 Å². The van der Waals surface area contributed by atoms with E-state index in [1.807, 2.05) is 31.2 Å².